The number of fused-ring (bicyclic) bond motifs is 1. The summed E-state index contributed by atoms with van der Waals surface area (Å²) in [5.41, 5.74) is 2.50. The van der Waals surface area contributed by atoms with Crippen molar-refractivity contribution in [3.05, 3.63) is 102 Å². The Hall–Kier alpha value is -3.67. The van der Waals surface area contributed by atoms with Gasteiger partial charge in [0.15, 0.2) is 0 Å². The molecule has 1 N–H and O–H groups in total. The van der Waals surface area contributed by atoms with Crippen LogP contribution in [0.5, 0.6) is 5.75 Å². The van der Waals surface area contributed by atoms with Crippen molar-refractivity contribution in [2.75, 3.05) is 0 Å². The molecule has 140 valence electrons. The minimum absolute atomic E-state index is 0.143. The molecule has 0 saturated heterocycles. The van der Waals surface area contributed by atoms with E-state index in [0.717, 1.165) is 5.56 Å². The lowest BCUT2D eigenvalue weighted by molar-refractivity contribution is 0.0952. The number of imidazole rings is 1. The maximum absolute atomic E-state index is 13.7. The molecule has 2 aromatic carbocycles. The van der Waals surface area contributed by atoms with Crippen molar-refractivity contribution in [3.63, 3.8) is 0 Å². The number of pyridine rings is 1. The van der Waals surface area contributed by atoms with Crippen LogP contribution >= 0.6 is 0 Å². The quantitative estimate of drug-likeness (QED) is 0.555. The van der Waals surface area contributed by atoms with Gasteiger partial charge >= 0.3 is 0 Å². The first-order valence-electron chi connectivity index (χ1n) is 8.86. The van der Waals surface area contributed by atoms with E-state index in [2.05, 4.69) is 10.3 Å². The van der Waals surface area contributed by atoms with Gasteiger partial charge in [-0.15, -0.1) is 0 Å². The van der Waals surface area contributed by atoms with E-state index in [1.54, 1.807) is 53.2 Å². The average Bonchev–Trinajstić information content (AvgIpc) is 3.21. The number of nitrogens with one attached hydrogen (secondary N) is 1. The molecular formula is C22H18FN3O2. The normalized spacial score (nSPS) is 10.8. The monoisotopic (exact) mass is 375 g/mol. The molecule has 0 bridgehead atoms. The summed E-state index contributed by atoms with van der Waals surface area (Å²) in [4.78, 5) is 16.7. The molecule has 0 aliphatic rings. The Kier molecular flexibility index (Phi) is 5.01. The molecule has 4 rings (SSSR count). The molecule has 0 unspecified atom stereocenters. The third-order valence-electron chi connectivity index (χ3n) is 4.37. The molecule has 0 saturated carbocycles. The Balaban J connectivity index is 1.40. The second-order valence-corrected chi connectivity index (χ2v) is 6.29. The molecule has 28 heavy (non-hydrogen) atoms. The maximum Gasteiger partial charge on any atom is 0.255 e. The first kappa shape index (κ1) is 17.7. The predicted molar refractivity (Wildman–Crippen MR) is 104 cm³/mol. The molecule has 4 aromatic rings. The molecule has 0 atom stereocenters. The number of amides is 1. The summed E-state index contributed by atoms with van der Waals surface area (Å²) < 4.78 is 21.2. The Labute approximate surface area is 161 Å². The lowest BCUT2D eigenvalue weighted by Gasteiger charge is -2.10. The summed E-state index contributed by atoms with van der Waals surface area (Å²) in [7, 11) is 0. The maximum atomic E-state index is 13.7. The van der Waals surface area contributed by atoms with E-state index in [1.807, 2.05) is 24.4 Å². The number of ether oxygens (including phenoxy) is 1. The second-order valence-electron chi connectivity index (χ2n) is 6.29. The van der Waals surface area contributed by atoms with E-state index in [4.69, 9.17) is 4.74 Å². The molecule has 2 heterocycles. The number of carbonyl (C=O) groups excluding carboxylic acids is 1. The zero-order valence-electron chi connectivity index (χ0n) is 15.0. The van der Waals surface area contributed by atoms with Gasteiger partial charge in [0.05, 0.1) is 5.56 Å². The molecule has 0 spiro atoms. The molecule has 2 aromatic heterocycles. The third-order valence-corrected chi connectivity index (χ3v) is 4.37. The number of hydrogen-bond donors (Lipinski definition) is 1. The van der Waals surface area contributed by atoms with Crippen LogP contribution in [0, 0.1) is 5.82 Å². The van der Waals surface area contributed by atoms with Gasteiger partial charge < -0.3 is 14.5 Å². The van der Waals surface area contributed by atoms with Crippen LogP contribution in [-0.2, 0) is 13.2 Å². The van der Waals surface area contributed by atoms with E-state index in [9.17, 15) is 9.18 Å². The van der Waals surface area contributed by atoms with Crippen LogP contribution in [0.4, 0.5) is 4.39 Å². The van der Waals surface area contributed by atoms with Gasteiger partial charge in [0.2, 0.25) is 0 Å². The van der Waals surface area contributed by atoms with E-state index >= 15 is 0 Å². The van der Waals surface area contributed by atoms with Crippen molar-refractivity contribution < 1.29 is 13.9 Å². The third kappa shape index (κ3) is 3.86. The van der Waals surface area contributed by atoms with Gasteiger partial charge in [0.1, 0.15) is 23.8 Å². The number of nitrogens with zero attached hydrogens (tertiary/aromatic N) is 2. The van der Waals surface area contributed by atoms with Gasteiger partial charge in [-0.3, -0.25) is 4.79 Å². The minimum atomic E-state index is -0.293. The van der Waals surface area contributed by atoms with Gasteiger partial charge in [-0.1, -0.05) is 30.3 Å². The number of benzene rings is 2. The Bertz CT molecular complexity index is 1120. The highest BCUT2D eigenvalue weighted by Gasteiger charge is 2.11. The lowest BCUT2D eigenvalue weighted by atomic mass is 10.2. The highest BCUT2D eigenvalue weighted by Crippen LogP contribution is 2.17. The van der Waals surface area contributed by atoms with Crippen molar-refractivity contribution in [2.45, 2.75) is 13.2 Å². The number of hydrogen-bond acceptors (Lipinski definition) is 3. The average molecular weight is 375 g/mol. The van der Waals surface area contributed by atoms with Crippen molar-refractivity contribution in [3.8, 4) is 5.75 Å². The van der Waals surface area contributed by atoms with Crippen LogP contribution in [0.25, 0.3) is 5.65 Å². The molecule has 0 fully saturated rings. The Morgan fingerprint density at radius 1 is 1.07 bits per heavy atom. The smallest absolute Gasteiger partial charge is 0.255 e. The summed E-state index contributed by atoms with van der Waals surface area (Å²) in [6, 6.07) is 17.4. The van der Waals surface area contributed by atoms with Gasteiger partial charge in [-0.2, -0.15) is 0 Å². The van der Waals surface area contributed by atoms with Crippen LogP contribution < -0.4 is 10.1 Å². The zero-order chi connectivity index (χ0) is 19.3. The summed E-state index contributed by atoms with van der Waals surface area (Å²) in [6.07, 6.45) is 5.29. The fraction of sp³-hybridized carbons (Fsp3) is 0.0909. The summed E-state index contributed by atoms with van der Waals surface area (Å²) in [5.74, 6) is 0.124. The number of halogens is 1. The van der Waals surface area contributed by atoms with Crippen molar-refractivity contribution in [1.82, 2.24) is 14.7 Å². The number of rotatable bonds is 6. The first-order chi connectivity index (χ1) is 13.7. The zero-order valence-corrected chi connectivity index (χ0v) is 15.0. The molecule has 6 heteroatoms. The fourth-order valence-electron chi connectivity index (χ4n) is 2.93. The molecule has 0 aliphatic carbocycles. The number of carbonyl (C=O) groups is 1. The van der Waals surface area contributed by atoms with E-state index in [-0.39, 0.29) is 18.3 Å². The van der Waals surface area contributed by atoms with Crippen LogP contribution in [0.15, 0.2) is 79.3 Å². The molecular weight excluding hydrogens is 357 g/mol. The number of aromatic nitrogens is 2. The minimum Gasteiger partial charge on any atom is -0.489 e. The molecule has 0 aliphatic heterocycles. The molecule has 0 radical (unpaired) electrons. The van der Waals surface area contributed by atoms with E-state index in [1.165, 1.54) is 6.07 Å². The summed E-state index contributed by atoms with van der Waals surface area (Å²) in [6.45, 7) is 0.488. The SMILES string of the molecule is O=C(NCc1cccc(OCc2ccccc2F)c1)c1cccn2ccnc12. The highest BCUT2D eigenvalue weighted by atomic mass is 19.1. The van der Waals surface area contributed by atoms with Crippen LogP contribution in [0.1, 0.15) is 21.5 Å². The molecule has 1 amide bonds. The lowest BCUT2D eigenvalue weighted by Crippen LogP contribution is -2.23. The van der Waals surface area contributed by atoms with Gasteiger partial charge in [-0.25, -0.2) is 9.37 Å². The van der Waals surface area contributed by atoms with Crippen LogP contribution in [0.3, 0.4) is 0 Å². The van der Waals surface area contributed by atoms with E-state index in [0.29, 0.717) is 29.1 Å². The second kappa shape index (κ2) is 7.92. The van der Waals surface area contributed by atoms with Gasteiger partial charge in [-0.05, 0) is 35.9 Å². The summed E-state index contributed by atoms with van der Waals surface area (Å²) in [5, 5.41) is 2.90. The van der Waals surface area contributed by atoms with Crippen molar-refractivity contribution in [2.24, 2.45) is 0 Å². The van der Waals surface area contributed by atoms with Crippen LogP contribution in [-0.4, -0.2) is 15.3 Å². The molecule has 5 nitrogen and oxygen atoms in total. The largest absolute Gasteiger partial charge is 0.489 e. The van der Waals surface area contributed by atoms with Crippen molar-refractivity contribution in [1.29, 1.82) is 0 Å². The summed E-state index contributed by atoms with van der Waals surface area (Å²) >= 11 is 0. The standard InChI is InChI=1S/C22H18FN3O2/c23-20-9-2-1-6-17(20)15-28-18-7-3-5-16(13-18)14-25-22(27)19-8-4-11-26-12-10-24-21(19)26/h1-13H,14-15H2,(H,25,27). The Morgan fingerprint density at radius 2 is 1.96 bits per heavy atom. The fourth-order valence-corrected chi connectivity index (χ4v) is 2.93. The Morgan fingerprint density at radius 3 is 2.86 bits per heavy atom. The van der Waals surface area contributed by atoms with Crippen molar-refractivity contribution >= 4 is 11.6 Å². The highest BCUT2D eigenvalue weighted by molar-refractivity contribution is 5.99. The van der Waals surface area contributed by atoms with Crippen LogP contribution in [0.2, 0.25) is 0 Å². The predicted octanol–water partition coefficient (Wildman–Crippen LogP) is 3.98. The topological polar surface area (TPSA) is 55.6 Å². The first-order valence-corrected chi connectivity index (χ1v) is 8.86. The van der Waals surface area contributed by atoms with Gasteiger partial charge in [0, 0.05) is 30.7 Å². The van der Waals surface area contributed by atoms with Gasteiger partial charge in [0.25, 0.3) is 5.91 Å². The van der Waals surface area contributed by atoms with E-state index < -0.39 is 0 Å².